The van der Waals surface area contributed by atoms with E-state index in [0.29, 0.717) is 0 Å². The number of hydrogen-bond acceptors (Lipinski definition) is 4. The predicted octanol–water partition coefficient (Wildman–Crippen LogP) is -0.898. The van der Waals surface area contributed by atoms with Crippen LogP contribution in [0.1, 0.15) is 17.0 Å². The summed E-state index contributed by atoms with van der Waals surface area (Å²) in [4.78, 5) is 26.3. The maximum Gasteiger partial charge on any atom is 0.248 e. The normalized spacial score (nSPS) is 10.1. The molecule has 1 rings (SSSR count). The van der Waals surface area contributed by atoms with Crippen molar-refractivity contribution in [3.63, 3.8) is 0 Å². The Bertz CT molecular complexity index is 380. The van der Waals surface area contributed by atoms with Gasteiger partial charge in [0.25, 0.3) is 0 Å². The highest BCUT2D eigenvalue weighted by atomic mass is 16.7. The molecule has 0 aliphatic carbocycles. The number of nitrogens with two attached hydrogens (primary N) is 1. The van der Waals surface area contributed by atoms with Crippen molar-refractivity contribution in [2.45, 2.75) is 20.3 Å². The van der Waals surface area contributed by atoms with Gasteiger partial charge in [-0.15, -0.1) is 0 Å². The Morgan fingerprint density at radius 1 is 1.50 bits per heavy atom. The average molecular weight is 226 g/mol. The molecule has 0 aromatic carbocycles. The van der Waals surface area contributed by atoms with Crippen molar-refractivity contribution < 1.29 is 14.4 Å². The summed E-state index contributed by atoms with van der Waals surface area (Å²) in [5.74, 6) is -0.996. The molecule has 1 aromatic rings. The summed E-state index contributed by atoms with van der Waals surface area (Å²) < 4.78 is 0. The number of hydroxylamine groups is 1. The van der Waals surface area contributed by atoms with Gasteiger partial charge in [-0.05, 0) is 13.8 Å². The maximum atomic E-state index is 11.4. The molecule has 7 nitrogen and oxygen atoms in total. The Hall–Kier alpha value is -1.89. The fraction of sp³-hybridized carbons (Fsp3) is 0.444. The number of nitrogens with one attached hydrogen (secondary N) is 2. The van der Waals surface area contributed by atoms with Gasteiger partial charge in [0, 0.05) is 11.3 Å². The van der Waals surface area contributed by atoms with Crippen LogP contribution in [0.5, 0.6) is 0 Å². The first kappa shape index (κ1) is 12.2. The lowest BCUT2D eigenvalue weighted by Gasteiger charge is -2.04. The summed E-state index contributed by atoms with van der Waals surface area (Å²) in [5, 5.41) is 6.73. The molecule has 1 heterocycles. The predicted molar refractivity (Wildman–Crippen MR) is 55.1 cm³/mol. The first-order valence-corrected chi connectivity index (χ1v) is 4.70. The molecule has 0 bridgehead atoms. The number of carbonyl (C=O) groups excluding carboxylic acids is 2. The number of aryl methyl sites for hydroxylation is 2. The summed E-state index contributed by atoms with van der Waals surface area (Å²) in [6, 6.07) is 0. The Morgan fingerprint density at radius 3 is 2.69 bits per heavy atom. The quantitative estimate of drug-likeness (QED) is 0.565. The number of nitrogens with zero attached hydrogens (tertiary/aromatic N) is 1. The second-order valence-electron chi connectivity index (χ2n) is 3.37. The van der Waals surface area contributed by atoms with Crippen molar-refractivity contribution in [3.8, 4) is 0 Å². The van der Waals surface area contributed by atoms with Crippen molar-refractivity contribution in [2.75, 3.05) is 6.61 Å². The highest BCUT2D eigenvalue weighted by Crippen LogP contribution is 2.09. The number of primary amides is 1. The Labute approximate surface area is 92.3 Å². The molecule has 88 valence electrons. The van der Waals surface area contributed by atoms with Crippen molar-refractivity contribution in [2.24, 2.45) is 5.73 Å². The number of amides is 2. The second-order valence-corrected chi connectivity index (χ2v) is 3.37. The lowest BCUT2D eigenvalue weighted by molar-refractivity contribution is -0.137. The van der Waals surface area contributed by atoms with E-state index in [2.05, 4.69) is 20.5 Å². The van der Waals surface area contributed by atoms with Gasteiger partial charge in [0.2, 0.25) is 11.8 Å². The number of rotatable bonds is 5. The number of H-pyrrole nitrogens is 1. The first-order valence-electron chi connectivity index (χ1n) is 4.70. The van der Waals surface area contributed by atoms with E-state index in [1.54, 1.807) is 6.92 Å². The van der Waals surface area contributed by atoms with E-state index in [0.717, 1.165) is 17.0 Å². The minimum Gasteiger partial charge on any atom is -0.368 e. The lowest BCUT2D eigenvalue weighted by Crippen LogP contribution is -2.30. The highest BCUT2D eigenvalue weighted by Gasteiger charge is 2.11. The smallest absolute Gasteiger partial charge is 0.248 e. The largest absolute Gasteiger partial charge is 0.368 e. The molecule has 0 aliphatic rings. The summed E-state index contributed by atoms with van der Waals surface area (Å²) in [6.45, 7) is 3.29. The first-order chi connectivity index (χ1) is 7.50. The van der Waals surface area contributed by atoms with Crippen LogP contribution in [0.25, 0.3) is 0 Å². The summed E-state index contributed by atoms with van der Waals surface area (Å²) >= 11 is 0. The third-order valence-corrected chi connectivity index (χ3v) is 2.02. The zero-order valence-corrected chi connectivity index (χ0v) is 9.16. The van der Waals surface area contributed by atoms with Crippen LogP contribution in [-0.2, 0) is 20.8 Å². The van der Waals surface area contributed by atoms with E-state index in [-0.39, 0.29) is 18.9 Å². The van der Waals surface area contributed by atoms with E-state index in [1.807, 2.05) is 6.92 Å². The summed E-state index contributed by atoms with van der Waals surface area (Å²) in [7, 11) is 0. The third-order valence-electron chi connectivity index (χ3n) is 2.02. The molecular weight excluding hydrogens is 212 g/mol. The average Bonchev–Trinajstić information content (AvgIpc) is 2.49. The lowest BCUT2D eigenvalue weighted by atomic mass is 10.1. The van der Waals surface area contributed by atoms with Crippen molar-refractivity contribution in [1.82, 2.24) is 15.7 Å². The van der Waals surface area contributed by atoms with Crippen LogP contribution in [0.15, 0.2) is 0 Å². The molecule has 0 saturated heterocycles. The van der Waals surface area contributed by atoms with Crippen LogP contribution in [-0.4, -0.2) is 28.6 Å². The monoisotopic (exact) mass is 226 g/mol. The summed E-state index contributed by atoms with van der Waals surface area (Å²) in [5.41, 5.74) is 9.38. The number of carbonyl (C=O) groups is 2. The Balaban J connectivity index is 2.43. The molecule has 1 aromatic heterocycles. The summed E-state index contributed by atoms with van der Waals surface area (Å²) in [6.07, 6.45) is 0.146. The molecule has 7 heteroatoms. The molecule has 0 saturated carbocycles. The standard InChI is InChI=1S/C9H14N4O3/c1-5-7(6(2)12-11-5)3-9(15)13-16-4-8(10)14/h3-4H2,1-2H3,(H2,10,14)(H,11,12)(H,13,15). The van der Waals surface area contributed by atoms with Crippen molar-refractivity contribution in [1.29, 1.82) is 0 Å². The molecule has 2 amide bonds. The van der Waals surface area contributed by atoms with E-state index >= 15 is 0 Å². The molecule has 0 atom stereocenters. The van der Waals surface area contributed by atoms with Gasteiger partial charge in [-0.25, -0.2) is 5.48 Å². The van der Waals surface area contributed by atoms with Crippen molar-refractivity contribution >= 4 is 11.8 Å². The van der Waals surface area contributed by atoms with Gasteiger partial charge in [0.15, 0.2) is 6.61 Å². The minimum atomic E-state index is -0.643. The van der Waals surface area contributed by atoms with Gasteiger partial charge in [-0.2, -0.15) is 5.10 Å². The number of aromatic amines is 1. The van der Waals surface area contributed by atoms with Crippen LogP contribution >= 0.6 is 0 Å². The molecule has 0 aliphatic heterocycles. The van der Waals surface area contributed by atoms with Crippen LogP contribution in [0.4, 0.5) is 0 Å². The fourth-order valence-corrected chi connectivity index (χ4v) is 1.22. The minimum absolute atomic E-state index is 0.146. The molecule has 4 N–H and O–H groups in total. The van der Waals surface area contributed by atoms with Gasteiger partial charge < -0.3 is 5.73 Å². The zero-order valence-electron chi connectivity index (χ0n) is 9.16. The van der Waals surface area contributed by atoms with Crippen LogP contribution in [0.2, 0.25) is 0 Å². The highest BCUT2D eigenvalue weighted by molar-refractivity contribution is 5.79. The van der Waals surface area contributed by atoms with Gasteiger partial charge in [0.05, 0.1) is 12.1 Å². The molecule has 0 fully saturated rings. The third kappa shape index (κ3) is 3.35. The van der Waals surface area contributed by atoms with Gasteiger partial charge in [0.1, 0.15) is 0 Å². The van der Waals surface area contributed by atoms with Crippen molar-refractivity contribution in [3.05, 3.63) is 17.0 Å². The SMILES string of the molecule is Cc1n[nH]c(C)c1CC(=O)NOCC(N)=O. The topological polar surface area (TPSA) is 110 Å². The van der Waals surface area contributed by atoms with Gasteiger partial charge >= 0.3 is 0 Å². The van der Waals surface area contributed by atoms with E-state index in [4.69, 9.17) is 5.73 Å². The number of hydrogen-bond donors (Lipinski definition) is 3. The molecule has 16 heavy (non-hydrogen) atoms. The van der Waals surface area contributed by atoms with Crippen LogP contribution in [0, 0.1) is 13.8 Å². The van der Waals surface area contributed by atoms with E-state index in [9.17, 15) is 9.59 Å². The molecule has 0 radical (unpaired) electrons. The Morgan fingerprint density at radius 2 is 2.19 bits per heavy atom. The van der Waals surface area contributed by atoms with E-state index in [1.165, 1.54) is 0 Å². The molecule has 0 spiro atoms. The Kier molecular flexibility index (Phi) is 4.01. The zero-order chi connectivity index (χ0) is 12.1. The second kappa shape index (κ2) is 5.26. The molecular formula is C9H14N4O3. The maximum absolute atomic E-state index is 11.4. The fourth-order valence-electron chi connectivity index (χ4n) is 1.22. The number of aromatic nitrogens is 2. The van der Waals surface area contributed by atoms with Gasteiger partial charge in [-0.1, -0.05) is 0 Å². The van der Waals surface area contributed by atoms with Gasteiger partial charge in [-0.3, -0.25) is 19.5 Å². The van der Waals surface area contributed by atoms with E-state index < -0.39 is 5.91 Å². The molecule has 0 unspecified atom stereocenters. The van der Waals surface area contributed by atoms with Crippen LogP contribution < -0.4 is 11.2 Å². The van der Waals surface area contributed by atoms with Crippen LogP contribution in [0.3, 0.4) is 0 Å².